The van der Waals surface area contributed by atoms with Gasteiger partial charge >= 0.3 is 0 Å². The third-order valence-corrected chi connectivity index (χ3v) is 6.31. The predicted octanol–water partition coefficient (Wildman–Crippen LogP) is 5.42. The first-order chi connectivity index (χ1) is 14.3. The zero-order valence-electron chi connectivity index (χ0n) is 16.4. The normalized spacial score (nSPS) is 15.6. The van der Waals surface area contributed by atoms with Crippen LogP contribution in [0, 0.1) is 0 Å². The first-order valence-electron chi connectivity index (χ1n) is 10.3. The number of hydrogen-bond acceptors (Lipinski definition) is 3. The van der Waals surface area contributed by atoms with Crippen LogP contribution in [-0.4, -0.2) is 31.4 Å². The summed E-state index contributed by atoms with van der Waals surface area (Å²) >= 11 is 0. The Morgan fingerprint density at radius 1 is 1.07 bits per heavy atom. The Morgan fingerprint density at radius 2 is 1.97 bits per heavy atom. The molecular weight excluding hydrogens is 362 g/mol. The molecule has 0 amide bonds. The minimum atomic E-state index is 0.491. The second-order valence-electron chi connectivity index (χ2n) is 7.96. The van der Waals surface area contributed by atoms with Crippen molar-refractivity contribution >= 4 is 27.6 Å². The minimum Gasteiger partial charge on any atom is -0.497 e. The highest BCUT2D eigenvalue weighted by atomic mass is 16.5. The van der Waals surface area contributed by atoms with Crippen molar-refractivity contribution in [1.29, 1.82) is 0 Å². The molecule has 5 aromatic rings. The standard InChI is InChI=1S/C23H23N5O/c1-29-15-7-8-18-16(11-15)17(12-25-18)21-20-13-26-22-19(9-10-24-22)28(20)23(27-21)14-5-3-2-4-6-14/h7-14,24-25H,2-6H2,1H3. The number of nitrogens with zero attached hydrogens (tertiary/aromatic N) is 3. The molecule has 0 atom stereocenters. The Morgan fingerprint density at radius 3 is 2.83 bits per heavy atom. The highest BCUT2D eigenvalue weighted by Gasteiger charge is 2.25. The van der Waals surface area contributed by atoms with E-state index >= 15 is 0 Å². The van der Waals surface area contributed by atoms with E-state index < -0.39 is 0 Å². The van der Waals surface area contributed by atoms with Crippen LogP contribution in [0.5, 0.6) is 5.75 Å². The summed E-state index contributed by atoms with van der Waals surface area (Å²) in [5.41, 5.74) is 6.22. The molecule has 4 aromatic heterocycles. The quantitative estimate of drug-likeness (QED) is 0.436. The molecule has 146 valence electrons. The lowest BCUT2D eigenvalue weighted by molar-refractivity contribution is 0.415. The third-order valence-electron chi connectivity index (χ3n) is 6.31. The summed E-state index contributed by atoms with van der Waals surface area (Å²) in [7, 11) is 1.70. The molecule has 0 aliphatic heterocycles. The number of imidazole rings is 1. The molecule has 1 saturated carbocycles. The van der Waals surface area contributed by atoms with Crippen LogP contribution in [0.1, 0.15) is 43.8 Å². The van der Waals surface area contributed by atoms with Crippen LogP contribution in [-0.2, 0) is 0 Å². The first kappa shape index (κ1) is 16.7. The number of nitrogens with one attached hydrogen (secondary N) is 2. The number of fused-ring (bicyclic) bond motifs is 4. The van der Waals surface area contributed by atoms with Gasteiger partial charge in [-0.05, 0) is 37.1 Å². The number of aromatic nitrogens is 5. The van der Waals surface area contributed by atoms with Crippen LogP contribution in [0.25, 0.3) is 38.8 Å². The molecule has 1 aliphatic carbocycles. The van der Waals surface area contributed by atoms with E-state index in [0.29, 0.717) is 5.92 Å². The summed E-state index contributed by atoms with van der Waals surface area (Å²) in [4.78, 5) is 16.5. The van der Waals surface area contributed by atoms with Crippen LogP contribution in [0.2, 0.25) is 0 Å². The SMILES string of the molecule is COc1ccc2[nH]cc(-c3nc(C4CCCCC4)n4c3cnc3[nH]ccc34)c2c1. The molecule has 0 bridgehead atoms. The smallest absolute Gasteiger partial charge is 0.154 e. The molecule has 1 fully saturated rings. The molecule has 1 aromatic carbocycles. The lowest BCUT2D eigenvalue weighted by Crippen LogP contribution is -2.09. The largest absolute Gasteiger partial charge is 0.497 e. The van der Waals surface area contributed by atoms with Gasteiger partial charge in [0, 0.05) is 34.8 Å². The van der Waals surface area contributed by atoms with Crippen molar-refractivity contribution in [2.24, 2.45) is 0 Å². The molecule has 2 N–H and O–H groups in total. The van der Waals surface area contributed by atoms with Gasteiger partial charge in [0.2, 0.25) is 0 Å². The molecule has 4 heterocycles. The van der Waals surface area contributed by atoms with Crippen molar-refractivity contribution in [3.63, 3.8) is 0 Å². The van der Waals surface area contributed by atoms with E-state index in [2.05, 4.69) is 43.7 Å². The first-order valence-corrected chi connectivity index (χ1v) is 10.3. The third kappa shape index (κ3) is 2.48. The summed E-state index contributed by atoms with van der Waals surface area (Å²) in [6, 6.07) is 8.22. The molecular formula is C23H23N5O. The van der Waals surface area contributed by atoms with Gasteiger partial charge in [-0.2, -0.15) is 0 Å². The second kappa shape index (κ2) is 6.37. The number of aromatic amines is 2. The van der Waals surface area contributed by atoms with Crippen LogP contribution in [0.15, 0.2) is 42.9 Å². The van der Waals surface area contributed by atoms with Crippen molar-refractivity contribution in [3.8, 4) is 17.0 Å². The summed E-state index contributed by atoms with van der Waals surface area (Å²) < 4.78 is 7.78. The Balaban J connectivity index is 1.65. The van der Waals surface area contributed by atoms with E-state index in [1.54, 1.807) is 7.11 Å². The molecule has 1 aliphatic rings. The molecule has 0 spiro atoms. The van der Waals surface area contributed by atoms with E-state index in [4.69, 9.17) is 9.72 Å². The predicted molar refractivity (Wildman–Crippen MR) is 115 cm³/mol. The van der Waals surface area contributed by atoms with Gasteiger partial charge in [-0.25, -0.2) is 9.97 Å². The average molecular weight is 385 g/mol. The fourth-order valence-electron chi connectivity index (χ4n) is 4.84. The summed E-state index contributed by atoms with van der Waals surface area (Å²) in [6.07, 6.45) is 12.3. The van der Waals surface area contributed by atoms with Crippen molar-refractivity contribution in [1.82, 2.24) is 24.3 Å². The highest BCUT2D eigenvalue weighted by molar-refractivity contribution is 5.99. The van der Waals surface area contributed by atoms with Gasteiger partial charge in [0.05, 0.1) is 24.3 Å². The second-order valence-corrected chi connectivity index (χ2v) is 7.96. The summed E-state index contributed by atoms with van der Waals surface area (Å²) in [5, 5.41) is 1.12. The maximum Gasteiger partial charge on any atom is 0.154 e. The maximum absolute atomic E-state index is 5.46. The zero-order chi connectivity index (χ0) is 19.4. The van der Waals surface area contributed by atoms with Crippen LogP contribution in [0.3, 0.4) is 0 Å². The summed E-state index contributed by atoms with van der Waals surface area (Å²) in [6.45, 7) is 0. The van der Waals surface area contributed by atoms with Crippen molar-refractivity contribution in [2.75, 3.05) is 7.11 Å². The van der Waals surface area contributed by atoms with Gasteiger partial charge in [-0.1, -0.05) is 19.3 Å². The number of rotatable bonds is 3. The molecule has 0 saturated heterocycles. The van der Waals surface area contributed by atoms with Gasteiger partial charge in [-0.15, -0.1) is 0 Å². The van der Waals surface area contributed by atoms with Crippen LogP contribution < -0.4 is 4.74 Å². The topological polar surface area (TPSA) is 71.0 Å². The molecule has 0 radical (unpaired) electrons. The minimum absolute atomic E-state index is 0.491. The molecule has 0 unspecified atom stereocenters. The molecule has 6 rings (SSSR count). The number of ether oxygens (including phenoxy) is 1. The zero-order valence-corrected chi connectivity index (χ0v) is 16.4. The van der Waals surface area contributed by atoms with Gasteiger partial charge in [-0.3, -0.25) is 4.40 Å². The Bertz CT molecular complexity index is 1340. The van der Waals surface area contributed by atoms with Crippen LogP contribution >= 0.6 is 0 Å². The van der Waals surface area contributed by atoms with Gasteiger partial charge in [0.25, 0.3) is 0 Å². The highest BCUT2D eigenvalue weighted by Crippen LogP contribution is 2.39. The van der Waals surface area contributed by atoms with Crippen LogP contribution in [0.4, 0.5) is 0 Å². The van der Waals surface area contributed by atoms with Gasteiger partial charge < -0.3 is 14.7 Å². The summed E-state index contributed by atoms with van der Waals surface area (Å²) in [5.74, 6) is 2.50. The Hall–Kier alpha value is -3.28. The lowest BCUT2D eigenvalue weighted by atomic mass is 9.89. The monoisotopic (exact) mass is 385 g/mol. The van der Waals surface area contributed by atoms with Crippen molar-refractivity contribution in [3.05, 3.63) is 48.7 Å². The van der Waals surface area contributed by atoms with E-state index in [9.17, 15) is 0 Å². The lowest BCUT2D eigenvalue weighted by Gasteiger charge is -2.20. The van der Waals surface area contributed by atoms with E-state index in [1.165, 1.54) is 37.9 Å². The molecule has 6 nitrogen and oxygen atoms in total. The van der Waals surface area contributed by atoms with E-state index in [1.807, 2.05) is 18.5 Å². The van der Waals surface area contributed by atoms with Crippen molar-refractivity contribution < 1.29 is 4.74 Å². The van der Waals surface area contributed by atoms with Gasteiger partial charge in [0.1, 0.15) is 17.3 Å². The number of hydrogen-bond donors (Lipinski definition) is 2. The maximum atomic E-state index is 5.46. The molecule has 6 heteroatoms. The average Bonchev–Trinajstić information content (AvgIpc) is 3.49. The fourth-order valence-corrected chi connectivity index (χ4v) is 4.84. The molecule has 29 heavy (non-hydrogen) atoms. The fraction of sp³-hybridized carbons (Fsp3) is 0.304. The van der Waals surface area contributed by atoms with Crippen molar-refractivity contribution in [2.45, 2.75) is 38.0 Å². The van der Waals surface area contributed by atoms with Gasteiger partial charge in [0.15, 0.2) is 5.65 Å². The Kier molecular flexibility index (Phi) is 3.66. The number of benzene rings is 1. The number of H-pyrrole nitrogens is 2. The number of methoxy groups -OCH3 is 1. The van der Waals surface area contributed by atoms with E-state index in [0.717, 1.165) is 44.6 Å². The Labute approximate surface area is 167 Å². The van der Waals surface area contributed by atoms with E-state index in [-0.39, 0.29) is 0 Å².